The van der Waals surface area contributed by atoms with Crippen LogP contribution in [0.1, 0.15) is 99.8 Å². The molecule has 6 heteroatoms. The van der Waals surface area contributed by atoms with Crippen LogP contribution in [0.25, 0.3) is 0 Å². The van der Waals surface area contributed by atoms with Gasteiger partial charge in [0.05, 0.1) is 11.1 Å². The number of fused-ring (bicyclic) bond motifs is 5. The molecule has 0 saturated heterocycles. The van der Waals surface area contributed by atoms with Crippen LogP contribution in [0.15, 0.2) is 72.0 Å². The monoisotopic (exact) mass is 584 g/mol. The fourth-order valence-corrected chi connectivity index (χ4v) is 9.51. The van der Waals surface area contributed by atoms with E-state index in [1.165, 1.54) is 12.5 Å². The predicted octanol–water partition coefficient (Wildman–Crippen LogP) is 7.93. The molecule has 0 aromatic heterocycles. The van der Waals surface area contributed by atoms with Crippen molar-refractivity contribution in [1.29, 1.82) is 0 Å². The Morgan fingerprint density at radius 3 is 2.14 bits per heavy atom. The van der Waals surface area contributed by atoms with Gasteiger partial charge in [-0.15, -0.1) is 0 Å². The lowest BCUT2D eigenvalue weighted by molar-refractivity contribution is -0.139. The summed E-state index contributed by atoms with van der Waals surface area (Å²) in [4.78, 5) is 38.3. The third kappa shape index (κ3) is 5.42. The van der Waals surface area contributed by atoms with Gasteiger partial charge in [0.2, 0.25) is 0 Å². The van der Waals surface area contributed by atoms with Crippen molar-refractivity contribution in [3.63, 3.8) is 0 Å². The Balaban J connectivity index is 1.24. The molecule has 2 aromatic carbocycles. The Bertz CT molecular complexity index is 1400. The first-order chi connectivity index (χ1) is 20.6. The van der Waals surface area contributed by atoms with Gasteiger partial charge in [-0.2, -0.15) is 0 Å². The number of benzene rings is 2. The first-order valence-corrected chi connectivity index (χ1v) is 16.0. The standard InChI is InChI=1S/C37H44O6/c1-23(41-34(39)25-11-7-5-8-12-25)30-17-18-31-29-16-15-27-21-28(43-35(40)26-13-9-6-10-14-26)19-20-36(27,3)33(29)32(42-24(2)38)22-37(30,31)4/h5-14,23,27-31H,15-22H2,1-4H3/t23-,27-,28-,29-,30-,31+,36+,37-/m1/s1. The van der Waals surface area contributed by atoms with E-state index in [0.717, 1.165) is 50.7 Å². The highest BCUT2D eigenvalue weighted by Crippen LogP contribution is 2.67. The molecule has 0 amide bonds. The van der Waals surface area contributed by atoms with Gasteiger partial charge in [-0.1, -0.05) is 50.2 Å². The van der Waals surface area contributed by atoms with E-state index < -0.39 is 0 Å². The zero-order chi connectivity index (χ0) is 30.4. The van der Waals surface area contributed by atoms with E-state index in [2.05, 4.69) is 13.8 Å². The van der Waals surface area contributed by atoms with E-state index in [0.29, 0.717) is 35.3 Å². The number of hydrogen-bond acceptors (Lipinski definition) is 6. The van der Waals surface area contributed by atoms with Crippen molar-refractivity contribution in [3.05, 3.63) is 83.1 Å². The quantitative estimate of drug-likeness (QED) is 0.253. The van der Waals surface area contributed by atoms with E-state index in [9.17, 15) is 14.4 Å². The fourth-order valence-electron chi connectivity index (χ4n) is 9.51. The first kappa shape index (κ1) is 29.7. The number of esters is 3. The minimum absolute atomic E-state index is 0.103. The Hall–Kier alpha value is -3.41. The van der Waals surface area contributed by atoms with Crippen LogP contribution < -0.4 is 0 Å². The van der Waals surface area contributed by atoms with Crippen LogP contribution >= 0.6 is 0 Å². The molecule has 0 heterocycles. The zero-order valence-corrected chi connectivity index (χ0v) is 25.8. The number of rotatable bonds is 6. The van der Waals surface area contributed by atoms with Crippen LogP contribution in [0.2, 0.25) is 0 Å². The van der Waals surface area contributed by atoms with Gasteiger partial charge in [-0.25, -0.2) is 9.59 Å². The molecule has 2 aromatic rings. The average Bonchev–Trinajstić information content (AvgIpc) is 3.34. The normalized spacial score (nSPS) is 33.8. The van der Waals surface area contributed by atoms with Gasteiger partial charge in [-0.05, 0) is 110 Å². The molecule has 228 valence electrons. The van der Waals surface area contributed by atoms with Crippen molar-refractivity contribution in [2.45, 2.75) is 91.3 Å². The van der Waals surface area contributed by atoms with Gasteiger partial charge in [0.15, 0.2) is 0 Å². The molecule has 0 unspecified atom stereocenters. The second-order valence-electron chi connectivity index (χ2n) is 13.8. The van der Waals surface area contributed by atoms with Gasteiger partial charge in [-0.3, -0.25) is 4.79 Å². The summed E-state index contributed by atoms with van der Waals surface area (Å²) >= 11 is 0. The van der Waals surface area contributed by atoms with Gasteiger partial charge in [0.25, 0.3) is 0 Å². The van der Waals surface area contributed by atoms with Crippen LogP contribution in [0.4, 0.5) is 0 Å². The molecule has 0 N–H and O–H groups in total. The zero-order valence-electron chi connectivity index (χ0n) is 25.8. The molecule has 6 nitrogen and oxygen atoms in total. The van der Waals surface area contributed by atoms with E-state index in [-0.39, 0.29) is 46.9 Å². The minimum atomic E-state index is -0.287. The van der Waals surface area contributed by atoms with Crippen molar-refractivity contribution in [1.82, 2.24) is 0 Å². The second kappa shape index (κ2) is 11.6. The third-order valence-corrected chi connectivity index (χ3v) is 11.5. The highest BCUT2D eigenvalue weighted by atomic mass is 16.5. The molecule has 3 saturated carbocycles. The van der Waals surface area contributed by atoms with Crippen LogP contribution in [0.3, 0.4) is 0 Å². The minimum Gasteiger partial charge on any atom is -0.459 e. The molecule has 0 bridgehead atoms. The van der Waals surface area contributed by atoms with Crippen molar-refractivity contribution in [2.24, 2.45) is 34.5 Å². The highest BCUT2D eigenvalue weighted by Gasteiger charge is 2.61. The number of ether oxygens (including phenoxy) is 3. The Labute approximate surface area is 255 Å². The topological polar surface area (TPSA) is 78.9 Å². The summed E-state index contributed by atoms with van der Waals surface area (Å²) in [5.74, 6) is 1.33. The van der Waals surface area contributed by atoms with Crippen LogP contribution in [0.5, 0.6) is 0 Å². The summed E-state index contributed by atoms with van der Waals surface area (Å²) in [5.41, 5.74) is 2.25. The number of hydrogen-bond donors (Lipinski definition) is 0. The SMILES string of the molecule is CC(=O)OC1=C2[C@H](CC[C@@H]3C[C@H](OC(=O)c4ccccc4)CC[C@]23C)[C@@H]2CC[C@H]([C@@H](C)OC(=O)c3ccccc3)[C@@]2(C)C1. The average molecular weight is 585 g/mol. The number of carbonyl (C=O) groups is 3. The third-order valence-electron chi connectivity index (χ3n) is 11.5. The van der Waals surface area contributed by atoms with Crippen molar-refractivity contribution >= 4 is 17.9 Å². The van der Waals surface area contributed by atoms with E-state index >= 15 is 0 Å². The van der Waals surface area contributed by atoms with Gasteiger partial charge >= 0.3 is 17.9 Å². The summed E-state index contributed by atoms with van der Waals surface area (Å²) in [5, 5.41) is 0. The van der Waals surface area contributed by atoms with Crippen molar-refractivity contribution in [3.8, 4) is 0 Å². The molecule has 8 atom stereocenters. The molecule has 43 heavy (non-hydrogen) atoms. The van der Waals surface area contributed by atoms with E-state index in [1.807, 2.05) is 43.3 Å². The fraction of sp³-hybridized carbons (Fsp3) is 0.541. The molecule has 0 spiro atoms. The van der Waals surface area contributed by atoms with E-state index in [4.69, 9.17) is 14.2 Å². The molecule has 0 aliphatic heterocycles. The van der Waals surface area contributed by atoms with Crippen LogP contribution in [0, 0.1) is 34.5 Å². The summed E-state index contributed by atoms with van der Waals surface area (Å²) in [7, 11) is 0. The Kier molecular flexibility index (Phi) is 7.99. The smallest absolute Gasteiger partial charge is 0.338 e. The second-order valence-corrected chi connectivity index (χ2v) is 13.8. The van der Waals surface area contributed by atoms with Crippen molar-refractivity contribution in [2.75, 3.05) is 0 Å². The molecular formula is C37H44O6. The summed E-state index contributed by atoms with van der Waals surface area (Å²) in [6.07, 6.45) is 7.01. The predicted molar refractivity (Wildman–Crippen MR) is 163 cm³/mol. The van der Waals surface area contributed by atoms with E-state index in [1.54, 1.807) is 24.3 Å². The van der Waals surface area contributed by atoms with Gasteiger partial charge in [0.1, 0.15) is 18.0 Å². The Morgan fingerprint density at radius 2 is 1.49 bits per heavy atom. The number of allylic oxidation sites excluding steroid dienone is 2. The lowest BCUT2D eigenvalue weighted by Gasteiger charge is -2.57. The number of carbonyl (C=O) groups excluding carboxylic acids is 3. The summed E-state index contributed by atoms with van der Waals surface area (Å²) in [6.45, 7) is 8.21. The molecular weight excluding hydrogens is 540 g/mol. The van der Waals surface area contributed by atoms with Crippen LogP contribution in [-0.4, -0.2) is 30.1 Å². The maximum absolute atomic E-state index is 13.0. The lowest BCUT2D eigenvalue weighted by atomic mass is 9.48. The Morgan fingerprint density at radius 1 is 0.837 bits per heavy atom. The maximum atomic E-state index is 13.0. The molecule has 4 aliphatic rings. The maximum Gasteiger partial charge on any atom is 0.338 e. The summed E-state index contributed by atoms with van der Waals surface area (Å²) < 4.78 is 18.2. The molecule has 4 aliphatic carbocycles. The molecule has 6 rings (SSSR count). The lowest BCUT2D eigenvalue weighted by Crippen LogP contribution is -2.51. The molecule has 0 radical (unpaired) electrons. The summed E-state index contributed by atoms with van der Waals surface area (Å²) in [6, 6.07) is 18.4. The van der Waals surface area contributed by atoms with Crippen LogP contribution in [-0.2, 0) is 19.0 Å². The largest absolute Gasteiger partial charge is 0.459 e. The highest BCUT2D eigenvalue weighted by molar-refractivity contribution is 5.89. The molecule has 3 fully saturated rings. The van der Waals surface area contributed by atoms with Gasteiger partial charge < -0.3 is 14.2 Å². The van der Waals surface area contributed by atoms with Crippen molar-refractivity contribution < 1.29 is 28.6 Å². The first-order valence-electron chi connectivity index (χ1n) is 16.0. The van der Waals surface area contributed by atoms with Gasteiger partial charge in [0, 0.05) is 19.3 Å².